The van der Waals surface area contributed by atoms with Gasteiger partial charge in [0.05, 0.1) is 11.1 Å². The Hall–Kier alpha value is -2.19. The molecule has 0 aliphatic heterocycles. The monoisotopic (exact) mass is 299 g/mol. The van der Waals surface area contributed by atoms with Crippen LogP contribution in [-0.4, -0.2) is 17.4 Å². The third-order valence-electron chi connectivity index (χ3n) is 3.21. The van der Waals surface area contributed by atoms with Gasteiger partial charge in [0.25, 0.3) is 0 Å². The van der Waals surface area contributed by atoms with E-state index in [9.17, 15) is 10.1 Å². The molecular weight excluding hydrogens is 282 g/mol. The number of hydrogen-bond donors (Lipinski definition) is 1. The Balaban J connectivity index is 1.87. The second-order valence-electron chi connectivity index (χ2n) is 4.89. The second-order valence-corrected chi connectivity index (χ2v) is 5.81. The Kier molecular flexibility index (Phi) is 5.47. The lowest BCUT2D eigenvalue weighted by atomic mass is 10.00. The number of aromatic nitrogens is 1. The van der Waals surface area contributed by atoms with Crippen LogP contribution in [0.3, 0.4) is 0 Å². The van der Waals surface area contributed by atoms with E-state index in [1.54, 1.807) is 17.5 Å². The molecular formula is C16H17N3OS. The normalized spacial score (nSPS) is 13.1. The molecule has 2 unspecified atom stereocenters. The highest BCUT2D eigenvalue weighted by molar-refractivity contribution is 7.09. The predicted octanol–water partition coefficient (Wildman–Crippen LogP) is 2.75. The minimum absolute atomic E-state index is 0.157. The highest BCUT2D eigenvalue weighted by Crippen LogP contribution is 2.16. The number of carbonyl (C=O) groups is 1. The highest BCUT2D eigenvalue weighted by Gasteiger charge is 2.19. The van der Waals surface area contributed by atoms with E-state index >= 15 is 0 Å². The van der Waals surface area contributed by atoms with Gasteiger partial charge >= 0.3 is 0 Å². The van der Waals surface area contributed by atoms with Crippen molar-refractivity contribution in [2.45, 2.75) is 19.3 Å². The molecule has 1 heterocycles. The van der Waals surface area contributed by atoms with Crippen molar-refractivity contribution in [3.8, 4) is 6.07 Å². The van der Waals surface area contributed by atoms with E-state index in [2.05, 4.69) is 16.4 Å². The number of carbonyl (C=O) groups excluding carboxylic acids is 1. The zero-order chi connectivity index (χ0) is 15.1. The fourth-order valence-electron chi connectivity index (χ4n) is 1.99. The quantitative estimate of drug-likeness (QED) is 0.892. The van der Waals surface area contributed by atoms with Crippen molar-refractivity contribution >= 4 is 17.2 Å². The highest BCUT2D eigenvalue weighted by atomic mass is 32.1. The molecule has 0 spiro atoms. The van der Waals surface area contributed by atoms with Gasteiger partial charge < -0.3 is 5.32 Å². The van der Waals surface area contributed by atoms with Gasteiger partial charge in [-0.05, 0) is 12.0 Å². The standard InChI is InChI=1S/C16H17N3OS/c1-12(16-18-7-8-21-16)11-19-15(20)14(10-17)9-13-5-3-2-4-6-13/h2-8,12,14H,9,11H2,1H3,(H,19,20). The van der Waals surface area contributed by atoms with Crippen molar-refractivity contribution in [1.29, 1.82) is 5.26 Å². The fourth-order valence-corrected chi connectivity index (χ4v) is 2.69. The number of hydrogen-bond acceptors (Lipinski definition) is 4. The van der Waals surface area contributed by atoms with Crippen molar-refractivity contribution < 1.29 is 4.79 Å². The van der Waals surface area contributed by atoms with Gasteiger partial charge in [-0.3, -0.25) is 4.79 Å². The van der Waals surface area contributed by atoms with Gasteiger partial charge in [0.1, 0.15) is 5.92 Å². The van der Waals surface area contributed by atoms with Crippen LogP contribution >= 0.6 is 11.3 Å². The maximum atomic E-state index is 12.1. The summed E-state index contributed by atoms with van der Waals surface area (Å²) in [5.41, 5.74) is 0.993. The summed E-state index contributed by atoms with van der Waals surface area (Å²) in [6.07, 6.45) is 2.20. The Bertz CT molecular complexity index is 604. The number of nitriles is 1. The molecule has 2 aromatic rings. The average Bonchev–Trinajstić information content (AvgIpc) is 3.05. The summed E-state index contributed by atoms with van der Waals surface area (Å²) in [7, 11) is 0. The zero-order valence-electron chi connectivity index (χ0n) is 11.8. The Morgan fingerprint density at radius 1 is 1.43 bits per heavy atom. The molecule has 2 rings (SSSR count). The van der Waals surface area contributed by atoms with Crippen LogP contribution in [0.1, 0.15) is 23.4 Å². The summed E-state index contributed by atoms with van der Waals surface area (Å²) < 4.78 is 0. The van der Waals surface area contributed by atoms with Crippen molar-refractivity contribution in [2.24, 2.45) is 5.92 Å². The summed E-state index contributed by atoms with van der Waals surface area (Å²) in [5, 5.41) is 14.9. The van der Waals surface area contributed by atoms with E-state index in [4.69, 9.17) is 0 Å². The van der Waals surface area contributed by atoms with Crippen LogP contribution < -0.4 is 5.32 Å². The lowest BCUT2D eigenvalue weighted by Crippen LogP contribution is -2.33. The fraction of sp³-hybridized carbons (Fsp3) is 0.312. The molecule has 1 aromatic heterocycles. The smallest absolute Gasteiger partial charge is 0.237 e. The molecule has 108 valence electrons. The summed E-state index contributed by atoms with van der Waals surface area (Å²) in [4.78, 5) is 16.3. The Morgan fingerprint density at radius 3 is 2.81 bits per heavy atom. The van der Waals surface area contributed by atoms with Gasteiger partial charge in [-0.2, -0.15) is 5.26 Å². The molecule has 0 bridgehead atoms. The van der Waals surface area contributed by atoms with Gasteiger partial charge in [-0.25, -0.2) is 4.98 Å². The van der Waals surface area contributed by atoms with Crippen LogP contribution in [0.5, 0.6) is 0 Å². The molecule has 0 fully saturated rings. The molecule has 0 saturated carbocycles. The van der Waals surface area contributed by atoms with Crippen molar-refractivity contribution in [2.75, 3.05) is 6.54 Å². The summed E-state index contributed by atoms with van der Waals surface area (Å²) >= 11 is 1.57. The molecule has 2 atom stereocenters. The van der Waals surface area contributed by atoms with E-state index in [-0.39, 0.29) is 11.8 Å². The Morgan fingerprint density at radius 2 is 2.19 bits per heavy atom. The van der Waals surface area contributed by atoms with E-state index in [0.29, 0.717) is 13.0 Å². The minimum Gasteiger partial charge on any atom is -0.354 e. The zero-order valence-corrected chi connectivity index (χ0v) is 12.6. The third kappa shape index (κ3) is 4.40. The molecule has 0 aliphatic carbocycles. The largest absolute Gasteiger partial charge is 0.354 e. The molecule has 1 aromatic carbocycles. The van der Waals surface area contributed by atoms with Crippen molar-refractivity contribution in [1.82, 2.24) is 10.3 Å². The van der Waals surface area contributed by atoms with Gasteiger partial charge in [-0.1, -0.05) is 37.3 Å². The predicted molar refractivity (Wildman–Crippen MR) is 82.8 cm³/mol. The number of nitrogens with zero attached hydrogens (tertiary/aromatic N) is 2. The Labute approximate surface area is 128 Å². The minimum atomic E-state index is -0.657. The summed E-state index contributed by atoms with van der Waals surface area (Å²) in [5.74, 6) is -0.717. The van der Waals surface area contributed by atoms with Gasteiger partial charge in [0, 0.05) is 24.0 Å². The van der Waals surface area contributed by atoms with Crippen LogP contribution in [0, 0.1) is 17.2 Å². The third-order valence-corrected chi connectivity index (χ3v) is 4.22. The molecule has 1 N–H and O–H groups in total. The first kappa shape index (κ1) is 15.2. The lowest BCUT2D eigenvalue weighted by Gasteiger charge is -2.13. The van der Waals surface area contributed by atoms with Gasteiger partial charge in [0.15, 0.2) is 0 Å². The first-order valence-electron chi connectivity index (χ1n) is 6.81. The number of benzene rings is 1. The summed E-state index contributed by atoms with van der Waals surface area (Å²) in [6, 6.07) is 11.7. The molecule has 0 radical (unpaired) electrons. The van der Waals surface area contributed by atoms with Crippen LogP contribution in [0.25, 0.3) is 0 Å². The van der Waals surface area contributed by atoms with E-state index in [0.717, 1.165) is 10.6 Å². The SMILES string of the molecule is CC(CNC(=O)C(C#N)Cc1ccccc1)c1nccs1. The number of thiazole rings is 1. The summed E-state index contributed by atoms with van der Waals surface area (Å²) in [6.45, 7) is 2.51. The maximum Gasteiger partial charge on any atom is 0.237 e. The van der Waals surface area contributed by atoms with E-state index in [1.165, 1.54) is 0 Å². The van der Waals surface area contributed by atoms with Crippen molar-refractivity contribution in [3.05, 3.63) is 52.5 Å². The van der Waals surface area contributed by atoms with E-state index < -0.39 is 5.92 Å². The van der Waals surface area contributed by atoms with Crippen LogP contribution in [0.2, 0.25) is 0 Å². The average molecular weight is 299 g/mol. The topological polar surface area (TPSA) is 65.8 Å². The van der Waals surface area contributed by atoms with Crippen LogP contribution in [0.15, 0.2) is 41.9 Å². The molecule has 4 nitrogen and oxygen atoms in total. The van der Waals surface area contributed by atoms with E-state index in [1.807, 2.05) is 42.6 Å². The number of rotatable bonds is 6. The maximum absolute atomic E-state index is 12.1. The molecule has 1 amide bonds. The first-order chi connectivity index (χ1) is 10.2. The molecule has 21 heavy (non-hydrogen) atoms. The van der Waals surface area contributed by atoms with Gasteiger partial charge in [0.2, 0.25) is 5.91 Å². The number of nitrogens with one attached hydrogen (secondary N) is 1. The second kappa shape index (κ2) is 7.55. The first-order valence-corrected chi connectivity index (χ1v) is 7.69. The van der Waals surface area contributed by atoms with Crippen molar-refractivity contribution in [3.63, 3.8) is 0 Å². The van der Waals surface area contributed by atoms with Gasteiger partial charge in [-0.15, -0.1) is 11.3 Å². The molecule has 0 aliphatic rings. The van der Waals surface area contributed by atoms with Crippen LogP contribution in [-0.2, 0) is 11.2 Å². The number of amides is 1. The van der Waals surface area contributed by atoms with Crippen LogP contribution in [0.4, 0.5) is 0 Å². The lowest BCUT2D eigenvalue weighted by molar-refractivity contribution is -0.123. The molecule has 5 heteroatoms. The molecule has 0 saturated heterocycles.